The molecule has 34 heavy (non-hydrogen) atoms. The van der Waals surface area contributed by atoms with Crippen molar-refractivity contribution in [2.45, 2.75) is 76.5 Å². The Balaban J connectivity index is 1.53. The first-order chi connectivity index (χ1) is 15.6. The molecule has 0 N–H and O–H groups in total. The maximum absolute atomic E-state index is 13.2. The van der Waals surface area contributed by atoms with Gasteiger partial charge in [-0.05, 0) is 38.5 Å². The van der Waals surface area contributed by atoms with E-state index in [1.807, 2.05) is 0 Å². The Morgan fingerprint density at radius 2 is 1.50 bits per heavy atom. The van der Waals surface area contributed by atoms with E-state index in [1.165, 1.54) is 0 Å². The first-order valence-corrected chi connectivity index (χ1v) is 10.3. The second kappa shape index (κ2) is 8.09. The van der Waals surface area contributed by atoms with Crippen molar-refractivity contribution in [2.24, 2.45) is 5.41 Å². The van der Waals surface area contributed by atoms with Crippen LogP contribution in [-0.4, -0.2) is 42.6 Å². The summed E-state index contributed by atoms with van der Waals surface area (Å²) >= 11 is 0. The molecule has 3 aliphatic rings. The molecule has 3 heterocycles. The Labute approximate surface area is 189 Å². The quantitative estimate of drug-likeness (QED) is 0.456. The van der Waals surface area contributed by atoms with Gasteiger partial charge in [0.1, 0.15) is 6.10 Å². The van der Waals surface area contributed by atoms with E-state index >= 15 is 0 Å². The van der Waals surface area contributed by atoms with Gasteiger partial charge >= 0.3 is 24.3 Å². The van der Waals surface area contributed by atoms with Gasteiger partial charge in [-0.2, -0.15) is 26.3 Å². The maximum Gasteiger partial charge on any atom is 0.416 e. The molecule has 3 saturated heterocycles. The molecular formula is C21H20F6O7. The summed E-state index contributed by atoms with van der Waals surface area (Å²) in [5, 5.41) is 0. The molecule has 0 aromatic heterocycles. The average Bonchev–Trinajstić information content (AvgIpc) is 3.37. The molecule has 0 bridgehead atoms. The Morgan fingerprint density at radius 1 is 0.912 bits per heavy atom. The zero-order chi connectivity index (χ0) is 25.2. The van der Waals surface area contributed by atoms with Gasteiger partial charge in [0, 0.05) is 5.56 Å². The minimum Gasteiger partial charge on any atom is -0.454 e. The minimum atomic E-state index is -5.05. The van der Waals surface area contributed by atoms with Crippen LogP contribution in [0.15, 0.2) is 18.2 Å². The number of carbonyl (C=O) groups is 2. The third-order valence-electron chi connectivity index (χ3n) is 6.08. The molecule has 0 saturated carbocycles. The highest BCUT2D eigenvalue weighted by molar-refractivity contribution is 5.84. The van der Waals surface area contributed by atoms with E-state index in [2.05, 4.69) is 0 Å². The number of hydrogen-bond donors (Lipinski definition) is 0. The van der Waals surface area contributed by atoms with Crippen LogP contribution in [0.4, 0.5) is 26.3 Å². The van der Waals surface area contributed by atoms with Crippen molar-refractivity contribution in [1.29, 1.82) is 0 Å². The largest absolute Gasteiger partial charge is 0.454 e. The van der Waals surface area contributed by atoms with Gasteiger partial charge in [0.25, 0.3) is 0 Å². The van der Waals surface area contributed by atoms with Crippen molar-refractivity contribution in [3.63, 3.8) is 0 Å². The second-order valence-corrected chi connectivity index (χ2v) is 8.84. The molecule has 0 radical (unpaired) electrons. The summed E-state index contributed by atoms with van der Waals surface area (Å²) < 4.78 is 106. The van der Waals surface area contributed by atoms with Crippen molar-refractivity contribution in [3.05, 3.63) is 34.9 Å². The average molecular weight is 498 g/mol. The van der Waals surface area contributed by atoms with Crippen LogP contribution in [0.2, 0.25) is 0 Å². The zero-order valence-electron chi connectivity index (χ0n) is 18.0. The lowest BCUT2D eigenvalue weighted by Crippen LogP contribution is -2.39. The highest BCUT2D eigenvalue weighted by Crippen LogP contribution is 2.46. The number of benzene rings is 1. The second-order valence-electron chi connectivity index (χ2n) is 8.84. The molecule has 6 atom stereocenters. The number of halogens is 6. The number of alkyl halides is 6. The summed E-state index contributed by atoms with van der Waals surface area (Å²) in [7, 11) is 0. The van der Waals surface area contributed by atoms with Gasteiger partial charge < -0.3 is 23.7 Å². The van der Waals surface area contributed by atoms with Gasteiger partial charge in [-0.1, -0.05) is 6.92 Å². The van der Waals surface area contributed by atoms with Crippen molar-refractivity contribution in [1.82, 2.24) is 0 Å². The molecular weight excluding hydrogens is 478 g/mol. The van der Waals surface area contributed by atoms with Gasteiger partial charge in [-0.25, -0.2) is 4.79 Å². The van der Waals surface area contributed by atoms with Gasteiger partial charge in [0.05, 0.1) is 16.5 Å². The number of carbonyl (C=O) groups excluding carboxylic acids is 2. The minimum absolute atomic E-state index is 0.0126. The standard InChI is InChI=1S/C21H20F6O7/c1-4-19(2,3)18(29)33-13-11-12(30-15(13)28)14-17(31-11)34-16(32-14)8-5-9(20(22,23)24)7-10(6-8)21(25,26)27/h5-7,11-14,16-17H,4H2,1-3H3/t11-,12-,13-,14+,16?,17+/m0/s1. The van der Waals surface area contributed by atoms with Crippen molar-refractivity contribution in [3.8, 4) is 0 Å². The van der Waals surface area contributed by atoms with E-state index in [9.17, 15) is 35.9 Å². The van der Waals surface area contributed by atoms with Gasteiger partial charge in [-0.15, -0.1) is 0 Å². The summed E-state index contributed by atoms with van der Waals surface area (Å²) in [5.74, 6) is -1.57. The number of rotatable bonds is 4. The Morgan fingerprint density at radius 3 is 2.03 bits per heavy atom. The van der Waals surface area contributed by atoms with Crippen molar-refractivity contribution >= 4 is 11.9 Å². The third kappa shape index (κ3) is 4.36. The molecule has 188 valence electrons. The lowest BCUT2D eigenvalue weighted by Gasteiger charge is -2.24. The van der Waals surface area contributed by atoms with Gasteiger partial charge in [0.2, 0.25) is 6.10 Å². The molecule has 0 aliphatic carbocycles. The van der Waals surface area contributed by atoms with Crippen LogP contribution < -0.4 is 0 Å². The maximum atomic E-state index is 13.2. The first kappa shape index (κ1) is 24.7. The smallest absolute Gasteiger partial charge is 0.416 e. The number of hydrogen-bond acceptors (Lipinski definition) is 7. The Hall–Kier alpha value is -2.38. The van der Waals surface area contributed by atoms with Crippen LogP contribution in [0.3, 0.4) is 0 Å². The number of fused-ring (bicyclic) bond motifs is 3. The molecule has 1 unspecified atom stereocenters. The molecule has 3 fully saturated rings. The van der Waals surface area contributed by atoms with Crippen LogP contribution >= 0.6 is 0 Å². The zero-order valence-corrected chi connectivity index (χ0v) is 18.0. The van der Waals surface area contributed by atoms with E-state index in [4.69, 9.17) is 23.7 Å². The van der Waals surface area contributed by atoms with Crippen molar-refractivity contribution in [2.75, 3.05) is 0 Å². The fourth-order valence-electron chi connectivity index (χ4n) is 3.72. The fraction of sp³-hybridized carbons (Fsp3) is 0.619. The summed E-state index contributed by atoms with van der Waals surface area (Å²) in [6, 6.07) is 0.953. The highest BCUT2D eigenvalue weighted by Gasteiger charge is 2.63. The third-order valence-corrected chi connectivity index (χ3v) is 6.08. The molecule has 7 nitrogen and oxygen atoms in total. The lowest BCUT2D eigenvalue weighted by molar-refractivity contribution is -0.188. The van der Waals surface area contributed by atoms with E-state index in [0.717, 1.165) is 0 Å². The number of ether oxygens (including phenoxy) is 5. The van der Waals surface area contributed by atoms with E-state index in [-0.39, 0.29) is 6.07 Å². The van der Waals surface area contributed by atoms with Crippen LogP contribution in [0.1, 0.15) is 50.2 Å². The monoisotopic (exact) mass is 498 g/mol. The molecule has 0 spiro atoms. The van der Waals surface area contributed by atoms with Gasteiger partial charge in [0.15, 0.2) is 24.8 Å². The summed E-state index contributed by atoms with van der Waals surface area (Å²) in [4.78, 5) is 24.6. The lowest BCUT2D eigenvalue weighted by atomic mass is 9.90. The summed E-state index contributed by atoms with van der Waals surface area (Å²) in [6.45, 7) is 5.00. The summed E-state index contributed by atoms with van der Waals surface area (Å²) in [6.07, 6.45) is -17.4. The number of esters is 2. The topological polar surface area (TPSA) is 80.3 Å². The Bertz CT molecular complexity index is 957. The van der Waals surface area contributed by atoms with Crippen molar-refractivity contribution < 1.29 is 59.6 Å². The Kier molecular flexibility index (Phi) is 5.89. The van der Waals surface area contributed by atoms with E-state index in [0.29, 0.717) is 18.6 Å². The molecule has 4 rings (SSSR count). The van der Waals surface area contributed by atoms with Crippen LogP contribution in [0.25, 0.3) is 0 Å². The fourth-order valence-corrected chi connectivity index (χ4v) is 3.72. The molecule has 3 aliphatic heterocycles. The highest BCUT2D eigenvalue weighted by atomic mass is 19.4. The SMILES string of the molecule is CCC(C)(C)C(=O)O[C@@H]1C(=O)O[C@@H]2[C@H]3OC(c4cc(C(F)(F)F)cc(C(F)(F)F)c4)O[C@H]3O[C@@H]21. The molecule has 1 aromatic carbocycles. The molecule has 0 amide bonds. The van der Waals surface area contributed by atoms with Crippen LogP contribution in [0.5, 0.6) is 0 Å². The van der Waals surface area contributed by atoms with Gasteiger partial charge in [-0.3, -0.25) is 4.79 Å². The normalized spacial score (nSPS) is 31.3. The predicted molar refractivity (Wildman–Crippen MR) is 97.6 cm³/mol. The van der Waals surface area contributed by atoms with Crippen LogP contribution in [-0.2, 0) is 45.6 Å². The molecule has 1 aromatic rings. The first-order valence-electron chi connectivity index (χ1n) is 10.3. The summed E-state index contributed by atoms with van der Waals surface area (Å²) in [5.41, 5.74) is -4.48. The van der Waals surface area contributed by atoms with E-state index < -0.39 is 83.4 Å². The predicted octanol–water partition coefficient (Wildman–Crippen LogP) is 4.14. The van der Waals surface area contributed by atoms with Crippen LogP contribution in [0, 0.1) is 5.41 Å². The molecule has 13 heteroatoms. The van der Waals surface area contributed by atoms with E-state index in [1.54, 1.807) is 20.8 Å².